The highest BCUT2D eigenvalue weighted by molar-refractivity contribution is 7.99. The van der Waals surface area contributed by atoms with Crippen LogP contribution in [0.3, 0.4) is 0 Å². The number of halogens is 1. The quantitative estimate of drug-likeness (QED) is 0.549. The van der Waals surface area contributed by atoms with Crippen molar-refractivity contribution in [3.05, 3.63) is 54.6 Å². The van der Waals surface area contributed by atoms with Gasteiger partial charge in [0, 0.05) is 66.2 Å². The molecule has 3 aromatic rings. The van der Waals surface area contributed by atoms with Crippen LogP contribution < -0.4 is 16.0 Å². The van der Waals surface area contributed by atoms with Gasteiger partial charge in [-0.2, -0.15) is 9.97 Å². The number of nitrogens with zero attached hydrogens (tertiary/aromatic N) is 5. The second kappa shape index (κ2) is 9.93. The van der Waals surface area contributed by atoms with Gasteiger partial charge in [-0.15, -0.1) is 0 Å². The molecule has 0 spiro atoms. The third-order valence-electron chi connectivity index (χ3n) is 6.29. The van der Waals surface area contributed by atoms with E-state index in [0.717, 1.165) is 42.9 Å². The Hall–Kier alpha value is -2.91. The van der Waals surface area contributed by atoms with E-state index >= 15 is 0 Å². The van der Waals surface area contributed by atoms with Crippen molar-refractivity contribution in [2.45, 2.75) is 41.5 Å². The third-order valence-corrected chi connectivity index (χ3v) is 7.35. The molecule has 2 aliphatic rings. The molecule has 2 fully saturated rings. The molecule has 0 amide bonds. The van der Waals surface area contributed by atoms with Gasteiger partial charge in [0.2, 0.25) is 5.95 Å². The second-order valence-corrected chi connectivity index (χ2v) is 9.60. The fraction of sp³-hybridized carbons (Fsp3) is 0.375. The first-order chi connectivity index (χ1) is 16.1. The number of pyridine rings is 1. The predicted molar refractivity (Wildman–Crippen MR) is 131 cm³/mol. The van der Waals surface area contributed by atoms with Crippen molar-refractivity contribution in [2.24, 2.45) is 0 Å². The summed E-state index contributed by atoms with van der Waals surface area (Å²) in [7, 11) is 0. The van der Waals surface area contributed by atoms with E-state index in [-0.39, 0.29) is 11.8 Å². The lowest BCUT2D eigenvalue weighted by Crippen LogP contribution is -2.50. The average molecular weight is 466 g/mol. The van der Waals surface area contributed by atoms with E-state index in [4.69, 9.17) is 5.73 Å². The molecule has 7 nitrogen and oxygen atoms in total. The maximum Gasteiger partial charge on any atom is 0.223 e. The number of hydrogen-bond donors (Lipinski definition) is 2. The standard InChI is InChI=1S/C24H28FN7S/c25-20-15-17(5-6-21(20)33-19-7-9-27-10-8-19)28-22-16-23(30-24(26)29-22)32-13-11-31(12-14-32)18-3-1-2-4-18/h5-10,15-16,18H,1-4,11-14H2,(H3,26,28,29,30). The summed E-state index contributed by atoms with van der Waals surface area (Å²) in [6.45, 7) is 3.92. The SMILES string of the molecule is Nc1nc(Nc2ccc(Sc3ccncc3)c(F)c2)cc(N2CCN(C3CCCC3)CC2)n1. The summed E-state index contributed by atoms with van der Waals surface area (Å²) < 4.78 is 14.7. The Morgan fingerprint density at radius 1 is 0.970 bits per heavy atom. The molecule has 9 heteroatoms. The van der Waals surface area contributed by atoms with Crippen LogP contribution in [0.25, 0.3) is 0 Å². The minimum absolute atomic E-state index is 0.207. The Morgan fingerprint density at radius 2 is 1.73 bits per heavy atom. The number of nitrogens with one attached hydrogen (secondary N) is 1. The van der Waals surface area contributed by atoms with Crippen LogP contribution in [-0.2, 0) is 0 Å². The van der Waals surface area contributed by atoms with Crippen molar-refractivity contribution < 1.29 is 4.39 Å². The van der Waals surface area contributed by atoms with Crippen molar-refractivity contribution >= 4 is 35.0 Å². The van der Waals surface area contributed by atoms with Crippen LogP contribution >= 0.6 is 11.8 Å². The molecule has 3 N–H and O–H groups in total. The number of nitrogen functional groups attached to an aromatic ring is 1. The monoisotopic (exact) mass is 465 g/mol. The van der Waals surface area contributed by atoms with Crippen LogP contribution in [0.2, 0.25) is 0 Å². The van der Waals surface area contributed by atoms with Crippen molar-refractivity contribution in [2.75, 3.05) is 42.1 Å². The van der Waals surface area contributed by atoms with Gasteiger partial charge in [-0.05, 0) is 43.2 Å². The largest absolute Gasteiger partial charge is 0.368 e. The van der Waals surface area contributed by atoms with Gasteiger partial charge in [0.1, 0.15) is 17.5 Å². The molecule has 0 radical (unpaired) electrons. The number of hydrogen-bond acceptors (Lipinski definition) is 8. The highest BCUT2D eigenvalue weighted by Crippen LogP contribution is 2.32. The maximum atomic E-state index is 14.7. The first kappa shape index (κ1) is 21.9. The number of nitrogens with two attached hydrogens (primary N) is 1. The van der Waals surface area contributed by atoms with Gasteiger partial charge in [-0.25, -0.2) is 4.39 Å². The van der Waals surface area contributed by atoms with Crippen LogP contribution in [0, 0.1) is 5.82 Å². The maximum absolute atomic E-state index is 14.7. The lowest BCUT2D eigenvalue weighted by molar-refractivity contribution is 0.187. The number of rotatable bonds is 6. The van der Waals surface area contributed by atoms with E-state index in [1.165, 1.54) is 43.5 Å². The van der Waals surface area contributed by atoms with Crippen molar-refractivity contribution in [1.82, 2.24) is 19.9 Å². The van der Waals surface area contributed by atoms with E-state index in [1.807, 2.05) is 24.3 Å². The molecular weight excluding hydrogens is 437 g/mol. The molecule has 2 aromatic heterocycles. The lowest BCUT2D eigenvalue weighted by atomic mass is 10.2. The summed E-state index contributed by atoms with van der Waals surface area (Å²) in [6, 6.07) is 11.4. The first-order valence-corrected chi connectivity index (χ1v) is 12.2. The van der Waals surface area contributed by atoms with Crippen molar-refractivity contribution in [1.29, 1.82) is 0 Å². The fourth-order valence-corrected chi connectivity index (χ4v) is 5.41. The molecule has 1 saturated carbocycles. The van der Waals surface area contributed by atoms with Gasteiger partial charge >= 0.3 is 0 Å². The van der Waals surface area contributed by atoms with Gasteiger partial charge in [-0.1, -0.05) is 24.6 Å². The highest BCUT2D eigenvalue weighted by atomic mass is 32.2. The molecule has 5 rings (SSSR count). The summed E-state index contributed by atoms with van der Waals surface area (Å²) in [6.07, 6.45) is 8.75. The number of anilines is 4. The van der Waals surface area contributed by atoms with Gasteiger partial charge in [0.15, 0.2) is 0 Å². The van der Waals surface area contributed by atoms with Crippen LogP contribution in [0.5, 0.6) is 0 Å². The van der Waals surface area contributed by atoms with Crippen LogP contribution in [0.4, 0.5) is 27.7 Å². The predicted octanol–water partition coefficient (Wildman–Crippen LogP) is 4.55. The van der Waals surface area contributed by atoms with Gasteiger partial charge in [-0.3, -0.25) is 9.88 Å². The Kier molecular flexibility index (Phi) is 6.59. The number of aromatic nitrogens is 3. The zero-order valence-corrected chi connectivity index (χ0v) is 19.3. The third kappa shape index (κ3) is 5.36. The molecule has 172 valence electrons. The summed E-state index contributed by atoms with van der Waals surface area (Å²) in [5.41, 5.74) is 6.62. The molecule has 0 atom stereocenters. The smallest absolute Gasteiger partial charge is 0.223 e. The number of piperazine rings is 1. The van der Waals surface area contributed by atoms with Crippen LogP contribution in [-0.4, -0.2) is 52.1 Å². The van der Waals surface area contributed by atoms with E-state index < -0.39 is 0 Å². The minimum atomic E-state index is -0.299. The lowest BCUT2D eigenvalue weighted by Gasteiger charge is -2.38. The Balaban J connectivity index is 1.25. The van der Waals surface area contributed by atoms with E-state index in [9.17, 15) is 4.39 Å². The van der Waals surface area contributed by atoms with Crippen LogP contribution in [0.15, 0.2) is 58.6 Å². The summed E-state index contributed by atoms with van der Waals surface area (Å²) in [5, 5.41) is 3.18. The molecule has 1 aliphatic heterocycles. The van der Waals surface area contributed by atoms with Crippen molar-refractivity contribution in [3.63, 3.8) is 0 Å². The Bertz CT molecular complexity index is 1080. The van der Waals surface area contributed by atoms with Crippen LogP contribution in [0.1, 0.15) is 25.7 Å². The van der Waals surface area contributed by atoms with E-state index in [2.05, 4.69) is 30.1 Å². The zero-order chi connectivity index (χ0) is 22.6. The molecule has 1 saturated heterocycles. The Labute approximate surface area is 197 Å². The molecule has 0 bridgehead atoms. The average Bonchev–Trinajstić information content (AvgIpc) is 3.36. The molecule has 1 aliphatic carbocycles. The highest BCUT2D eigenvalue weighted by Gasteiger charge is 2.26. The van der Waals surface area contributed by atoms with Gasteiger partial charge in [0.25, 0.3) is 0 Å². The summed E-state index contributed by atoms with van der Waals surface area (Å²) in [4.78, 5) is 19.1. The second-order valence-electron chi connectivity index (χ2n) is 8.49. The molecule has 1 aromatic carbocycles. The summed E-state index contributed by atoms with van der Waals surface area (Å²) >= 11 is 1.36. The van der Waals surface area contributed by atoms with Gasteiger partial charge < -0.3 is 16.0 Å². The molecule has 3 heterocycles. The van der Waals surface area contributed by atoms with E-state index in [0.29, 0.717) is 16.4 Å². The normalized spacial score (nSPS) is 17.4. The van der Waals surface area contributed by atoms with E-state index in [1.54, 1.807) is 18.5 Å². The zero-order valence-electron chi connectivity index (χ0n) is 18.5. The summed E-state index contributed by atoms with van der Waals surface area (Å²) in [5.74, 6) is 1.27. The number of benzene rings is 1. The molecule has 0 unspecified atom stereocenters. The minimum Gasteiger partial charge on any atom is -0.368 e. The first-order valence-electron chi connectivity index (χ1n) is 11.4. The molecular formula is C24H28FN7S. The van der Waals surface area contributed by atoms with Gasteiger partial charge in [0.05, 0.1) is 0 Å². The fourth-order valence-electron chi connectivity index (χ4n) is 4.61. The Morgan fingerprint density at radius 3 is 2.45 bits per heavy atom. The molecule has 33 heavy (non-hydrogen) atoms. The topological polar surface area (TPSA) is 83.2 Å². The van der Waals surface area contributed by atoms with Crippen molar-refractivity contribution in [3.8, 4) is 0 Å².